The Hall–Kier alpha value is -2.22. The zero-order valence-electron chi connectivity index (χ0n) is 11.1. The first-order chi connectivity index (χ1) is 9.37. The number of ether oxygens (including phenoxy) is 1. The van der Waals surface area contributed by atoms with Gasteiger partial charge in [0.25, 0.3) is 11.5 Å². The second-order valence-electron chi connectivity index (χ2n) is 4.78. The van der Waals surface area contributed by atoms with E-state index in [0.717, 1.165) is 0 Å². The Balaban J connectivity index is 2.36. The standard InChI is InChI=1S/C12H15N3O5/c1-6-7(2)14-15-10(17)8(6)9(16)13-12(11(18)19)3-4-20-5-12/h3-5H2,1-2H3,(H,13,16)(H,15,17)(H,18,19). The lowest BCUT2D eigenvalue weighted by molar-refractivity contribution is -0.144. The summed E-state index contributed by atoms with van der Waals surface area (Å²) >= 11 is 0. The number of nitrogens with one attached hydrogen (secondary N) is 2. The monoisotopic (exact) mass is 281 g/mol. The predicted octanol–water partition coefficient (Wildman–Crippen LogP) is -0.640. The Morgan fingerprint density at radius 3 is 2.70 bits per heavy atom. The van der Waals surface area contributed by atoms with Gasteiger partial charge in [0.1, 0.15) is 5.56 Å². The molecule has 2 heterocycles. The van der Waals surface area contributed by atoms with E-state index in [9.17, 15) is 19.5 Å². The van der Waals surface area contributed by atoms with Crippen LogP contribution in [0.5, 0.6) is 0 Å². The summed E-state index contributed by atoms with van der Waals surface area (Å²) < 4.78 is 5.05. The number of carbonyl (C=O) groups is 2. The van der Waals surface area contributed by atoms with Gasteiger partial charge in [-0.25, -0.2) is 9.89 Å². The van der Waals surface area contributed by atoms with Crippen molar-refractivity contribution in [3.05, 3.63) is 27.2 Å². The Bertz CT molecular complexity index is 616. The molecule has 1 aromatic rings. The fraction of sp³-hybridized carbons (Fsp3) is 0.500. The molecule has 3 N–H and O–H groups in total. The van der Waals surface area contributed by atoms with Crippen molar-refractivity contribution in [2.75, 3.05) is 13.2 Å². The molecule has 0 bridgehead atoms. The van der Waals surface area contributed by atoms with Crippen molar-refractivity contribution in [1.82, 2.24) is 15.5 Å². The lowest BCUT2D eigenvalue weighted by atomic mass is 9.98. The number of carbonyl (C=O) groups excluding carboxylic acids is 1. The number of aromatic amines is 1. The minimum Gasteiger partial charge on any atom is -0.479 e. The number of hydrogen-bond donors (Lipinski definition) is 3. The van der Waals surface area contributed by atoms with Gasteiger partial charge in [0.05, 0.1) is 12.3 Å². The summed E-state index contributed by atoms with van der Waals surface area (Å²) in [4.78, 5) is 35.3. The molecule has 8 heteroatoms. The maximum atomic E-state index is 12.2. The van der Waals surface area contributed by atoms with Crippen LogP contribution in [-0.2, 0) is 9.53 Å². The molecule has 1 aromatic heterocycles. The highest BCUT2D eigenvalue weighted by Crippen LogP contribution is 2.20. The van der Waals surface area contributed by atoms with Crippen molar-refractivity contribution in [3.63, 3.8) is 0 Å². The van der Waals surface area contributed by atoms with Crippen LogP contribution in [-0.4, -0.2) is 45.9 Å². The van der Waals surface area contributed by atoms with E-state index < -0.39 is 23.0 Å². The highest BCUT2D eigenvalue weighted by Gasteiger charge is 2.44. The number of aliphatic carboxylic acids is 1. The summed E-state index contributed by atoms with van der Waals surface area (Å²) in [5.41, 5.74) is -1.32. The van der Waals surface area contributed by atoms with Gasteiger partial charge >= 0.3 is 5.97 Å². The predicted molar refractivity (Wildman–Crippen MR) is 67.6 cm³/mol. The van der Waals surface area contributed by atoms with Crippen molar-refractivity contribution in [2.45, 2.75) is 25.8 Å². The smallest absolute Gasteiger partial charge is 0.331 e. The van der Waals surface area contributed by atoms with Crippen molar-refractivity contribution in [3.8, 4) is 0 Å². The molecule has 0 spiro atoms. The molecule has 1 aliphatic heterocycles. The molecule has 1 amide bonds. The van der Waals surface area contributed by atoms with E-state index in [1.54, 1.807) is 13.8 Å². The summed E-state index contributed by atoms with van der Waals surface area (Å²) in [6, 6.07) is 0. The average Bonchev–Trinajstić information content (AvgIpc) is 2.84. The molecule has 1 saturated heterocycles. The largest absolute Gasteiger partial charge is 0.479 e. The fourth-order valence-corrected chi connectivity index (χ4v) is 2.06. The molecule has 108 valence electrons. The highest BCUT2D eigenvalue weighted by molar-refractivity contribution is 5.98. The van der Waals surface area contributed by atoms with E-state index in [2.05, 4.69) is 15.5 Å². The average molecular weight is 281 g/mol. The van der Waals surface area contributed by atoms with Crippen molar-refractivity contribution >= 4 is 11.9 Å². The van der Waals surface area contributed by atoms with Crippen molar-refractivity contribution in [1.29, 1.82) is 0 Å². The second-order valence-corrected chi connectivity index (χ2v) is 4.78. The van der Waals surface area contributed by atoms with Gasteiger partial charge < -0.3 is 15.2 Å². The van der Waals surface area contributed by atoms with Crippen LogP contribution in [0.15, 0.2) is 4.79 Å². The number of H-pyrrole nitrogens is 1. The molecular weight excluding hydrogens is 266 g/mol. The first kappa shape index (κ1) is 14.2. The molecule has 1 atom stereocenters. The number of carboxylic acid groups (broad SMARTS) is 1. The highest BCUT2D eigenvalue weighted by atomic mass is 16.5. The van der Waals surface area contributed by atoms with Crippen LogP contribution in [0.3, 0.4) is 0 Å². The van der Waals surface area contributed by atoms with Gasteiger partial charge in [-0.2, -0.15) is 5.10 Å². The van der Waals surface area contributed by atoms with Crippen molar-refractivity contribution in [2.24, 2.45) is 0 Å². The van der Waals surface area contributed by atoms with E-state index in [1.807, 2.05) is 0 Å². The molecule has 0 aromatic carbocycles. The number of amides is 1. The van der Waals surface area contributed by atoms with Crippen molar-refractivity contribution < 1.29 is 19.4 Å². The topological polar surface area (TPSA) is 121 Å². The first-order valence-electron chi connectivity index (χ1n) is 6.07. The fourth-order valence-electron chi connectivity index (χ4n) is 2.06. The summed E-state index contributed by atoms with van der Waals surface area (Å²) in [6.45, 7) is 3.37. The molecule has 0 saturated carbocycles. The lowest BCUT2D eigenvalue weighted by Crippen LogP contribution is -2.56. The van der Waals surface area contributed by atoms with Crippen LogP contribution in [0.2, 0.25) is 0 Å². The minimum atomic E-state index is -1.48. The number of nitrogens with zero attached hydrogens (tertiary/aromatic N) is 1. The second kappa shape index (κ2) is 5.04. The van der Waals surface area contributed by atoms with Crippen LogP contribution < -0.4 is 10.9 Å². The van der Waals surface area contributed by atoms with E-state index in [4.69, 9.17) is 4.74 Å². The first-order valence-corrected chi connectivity index (χ1v) is 6.07. The van der Waals surface area contributed by atoms with Crippen LogP contribution in [0.4, 0.5) is 0 Å². The molecule has 8 nitrogen and oxygen atoms in total. The Kier molecular flexibility index (Phi) is 3.58. The molecule has 0 aliphatic carbocycles. The molecule has 1 aliphatic rings. The van der Waals surface area contributed by atoms with Crippen LogP contribution in [0.1, 0.15) is 28.0 Å². The van der Waals surface area contributed by atoms with Gasteiger partial charge in [0.2, 0.25) is 0 Å². The van der Waals surface area contributed by atoms with Gasteiger partial charge in [0.15, 0.2) is 5.54 Å². The van der Waals surface area contributed by atoms with Gasteiger partial charge in [-0.15, -0.1) is 0 Å². The quantitative estimate of drug-likeness (QED) is 0.677. The summed E-state index contributed by atoms with van der Waals surface area (Å²) in [6.07, 6.45) is 0.162. The van der Waals surface area contributed by atoms with Crippen LogP contribution >= 0.6 is 0 Å². The third-order valence-electron chi connectivity index (χ3n) is 3.48. The van der Waals surface area contributed by atoms with Gasteiger partial charge in [-0.3, -0.25) is 9.59 Å². The van der Waals surface area contributed by atoms with E-state index >= 15 is 0 Å². The van der Waals surface area contributed by atoms with Gasteiger partial charge in [-0.05, 0) is 19.4 Å². The molecule has 20 heavy (non-hydrogen) atoms. The maximum absolute atomic E-state index is 12.2. The molecule has 1 unspecified atom stereocenters. The van der Waals surface area contributed by atoms with Crippen LogP contribution in [0, 0.1) is 13.8 Å². The third-order valence-corrected chi connectivity index (χ3v) is 3.48. The number of aromatic nitrogens is 2. The molecular formula is C12H15N3O5. The molecule has 1 fully saturated rings. The number of hydrogen-bond acceptors (Lipinski definition) is 5. The summed E-state index contributed by atoms with van der Waals surface area (Å²) in [5.74, 6) is -1.91. The summed E-state index contributed by atoms with van der Waals surface area (Å²) in [5, 5.41) is 17.6. The van der Waals surface area contributed by atoms with Gasteiger partial charge in [0, 0.05) is 13.0 Å². The SMILES string of the molecule is Cc1n[nH]c(=O)c(C(=O)NC2(C(=O)O)CCOC2)c1C. The number of carboxylic acids is 1. The zero-order valence-corrected chi connectivity index (χ0v) is 11.1. The summed E-state index contributed by atoms with van der Waals surface area (Å²) in [7, 11) is 0. The van der Waals surface area contributed by atoms with Crippen LogP contribution in [0.25, 0.3) is 0 Å². The number of aryl methyl sites for hydroxylation is 1. The molecule has 2 rings (SSSR count). The van der Waals surface area contributed by atoms with E-state index in [1.165, 1.54) is 0 Å². The Morgan fingerprint density at radius 1 is 1.45 bits per heavy atom. The zero-order chi connectivity index (χ0) is 14.9. The van der Waals surface area contributed by atoms with E-state index in [-0.39, 0.29) is 25.2 Å². The Labute approximate surface area is 114 Å². The number of rotatable bonds is 3. The third kappa shape index (κ3) is 2.29. The minimum absolute atomic E-state index is 0.116. The lowest BCUT2D eigenvalue weighted by Gasteiger charge is -2.23. The Morgan fingerprint density at radius 2 is 2.15 bits per heavy atom. The van der Waals surface area contributed by atoms with E-state index in [0.29, 0.717) is 11.3 Å². The van der Waals surface area contributed by atoms with Gasteiger partial charge in [-0.1, -0.05) is 0 Å². The maximum Gasteiger partial charge on any atom is 0.331 e. The normalized spacial score (nSPS) is 21.7. The molecule has 0 radical (unpaired) electrons.